The topological polar surface area (TPSA) is 78.9 Å². The zero-order valence-corrected chi connectivity index (χ0v) is 52.3. The van der Waals surface area contributed by atoms with E-state index >= 15 is 0 Å². The van der Waals surface area contributed by atoms with Crippen LogP contribution in [-0.4, -0.2) is 37.2 Å². The van der Waals surface area contributed by atoms with Crippen molar-refractivity contribution in [1.29, 1.82) is 0 Å². The van der Waals surface area contributed by atoms with Gasteiger partial charge in [-0.1, -0.05) is 328 Å². The maximum atomic E-state index is 12.9. The Morgan fingerprint density at radius 3 is 0.662 bits per heavy atom. The van der Waals surface area contributed by atoms with Crippen molar-refractivity contribution in [2.45, 2.75) is 399 Å². The third kappa shape index (κ3) is 64.6. The van der Waals surface area contributed by atoms with Gasteiger partial charge in [0.15, 0.2) is 6.10 Å². The number of carbonyl (C=O) groups excluding carboxylic acids is 3. The zero-order chi connectivity index (χ0) is 55.7. The van der Waals surface area contributed by atoms with Gasteiger partial charge in [-0.15, -0.1) is 0 Å². The predicted molar refractivity (Wildman–Crippen MR) is 335 cm³/mol. The van der Waals surface area contributed by atoms with Crippen molar-refractivity contribution in [3.8, 4) is 0 Å². The molecule has 1 unspecified atom stereocenters. The van der Waals surface area contributed by atoms with Crippen LogP contribution in [-0.2, 0) is 28.6 Å². The Bertz CT molecular complexity index is 1240. The molecule has 6 nitrogen and oxygen atoms in total. The molecule has 0 radical (unpaired) electrons. The monoisotopic (exact) mass is 1080 g/mol. The smallest absolute Gasteiger partial charge is 0.306 e. The first kappa shape index (κ1) is 74.9. The molecule has 0 aromatic rings. The molecule has 0 bridgehead atoms. The van der Waals surface area contributed by atoms with E-state index in [0.29, 0.717) is 19.3 Å². The van der Waals surface area contributed by atoms with E-state index in [1.54, 1.807) is 0 Å². The molecule has 0 aliphatic carbocycles. The molecule has 0 aliphatic heterocycles. The highest BCUT2D eigenvalue weighted by atomic mass is 16.6. The van der Waals surface area contributed by atoms with Crippen molar-refractivity contribution in [1.82, 2.24) is 0 Å². The average molecular weight is 1080 g/mol. The summed E-state index contributed by atoms with van der Waals surface area (Å²) in [6, 6.07) is 0. The molecule has 0 N–H and O–H groups in total. The van der Waals surface area contributed by atoms with Crippen LogP contribution in [0, 0.1) is 0 Å². The Labute approximate surface area is 481 Å². The lowest BCUT2D eigenvalue weighted by Gasteiger charge is -2.18. The number of hydrogen-bond acceptors (Lipinski definition) is 6. The molecule has 77 heavy (non-hydrogen) atoms. The number of allylic oxidation sites excluding steroid dienone is 4. The van der Waals surface area contributed by atoms with Gasteiger partial charge in [0.25, 0.3) is 0 Å². The van der Waals surface area contributed by atoms with Gasteiger partial charge in [-0.2, -0.15) is 0 Å². The molecule has 0 heterocycles. The molecular weight excluding hydrogens is 949 g/mol. The van der Waals surface area contributed by atoms with Crippen molar-refractivity contribution in [2.24, 2.45) is 0 Å². The van der Waals surface area contributed by atoms with E-state index in [1.807, 2.05) is 0 Å². The van der Waals surface area contributed by atoms with Crippen LogP contribution in [0.3, 0.4) is 0 Å². The number of ether oxygens (including phenoxy) is 3. The van der Waals surface area contributed by atoms with Crippen molar-refractivity contribution in [2.75, 3.05) is 13.2 Å². The second-order valence-electron chi connectivity index (χ2n) is 23.8. The zero-order valence-electron chi connectivity index (χ0n) is 52.3. The Kier molecular flexibility index (Phi) is 64.6. The van der Waals surface area contributed by atoms with E-state index in [9.17, 15) is 14.4 Å². The molecule has 1 atom stereocenters. The maximum absolute atomic E-state index is 12.9. The highest BCUT2D eigenvalue weighted by molar-refractivity contribution is 5.71. The molecule has 0 aliphatic rings. The Morgan fingerprint density at radius 2 is 0.429 bits per heavy atom. The highest BCUT2D eigenvalue weighted by Gasteiger charge is 2.19. The van der Waals surface area contributed by atoms with E-state index in [-0.39, 0.29) is 31.1 Å². The van der Waals surface area contributed by atoms with E-state index in [0.717, 1.165) is 64.2 Å². The first-order chi connectivity index (χ1) is 38.0. The van der Waals surface area contributed by atoms with Crippen LogP contribution in [0.25, 0.3) is 0 Å². The summed E-state index contributed by atoms with van der Waals surface area (Å²) in [7, 11) is 0. The fraction of sp³-hybridized carbons (Fsp3) is 0.901. The number of rotatable bonds is 65. The minimum Gasteiger partial charge on any atom is -0.462 e. The van der Waals surface area contributed by atoms with Crippen LogP contribution < -0.4 is 0 Å². The third-order valence-electron chi connectivity index (χ3n) is 15.9. The van der Waals surface area contributed by atoms with Crippen LogP contribution in [0.1, 0.15) is 393 Å². The van der Waals surface area contributed by atoms with Gasteiger partial charge in [-0.3, -0.25) is 14.4 Å². The van der Waals surface area contributed by atoms with Gasteiger partial charge in [0.2, 0.25) is 0 Å². The quantitative estimate of drug-likeness (QED) is 0.0261. The summed E-state index contributed by atoms with van der Waals surface area (Å²) in [4.78, 5) is 38.3. The first-order valence-electron chi connectivity index (χ1n) is 34.8. The lowest BCUT2D eigenvalue weighted by molar-refractivity contribution is -0.167. The van der Waals surface area contributed by atoms with E-state index in [4.69, 9.17) is 14.2 Å². The summed E-state index contributed by atoms with van der Waals surface area (Å²) in [5.74, 6) is -0.856. The molecule has 454 valence electrons. The highest BCUT2D eigenvalue weighted by Crippen LogP contribution is 2.19. The summed E-state index contributed by atoms with van der Waals surface area (Å²) in [5.41, 5.74) is 0. The number of hydrogen-bond donors (Lipinski definition) is 0. The number of esters is 3. The summed E-state index contributed by atoms with van der Waals surface area (Å²) < 4.78 is 17.0. The van der Waals surface area contributed by atoms with Gasteiger partial charge in [-0.25, -0.2) is 0 Å². The second-order valence-corrected chi connectivity index (χ2v) is 23.8. The molecule has 0 rings (SSSR count). The largest absolute Gasteiger partial charge is 0.462 e. The van der Waals surface area contributed by atoms with Crippen molar-refractivity contribution < 1.29 is 28.6 Å². The normalized spacial score (nSPS) is 12.1. The van der Waals surface area contributed by atoms with Gasteiger partial charge in [0.05, 0.1) is 0 Å². The van der Waals surface area contributed by atoms with Crippen molar-refractivity contribution >= 4 is 17.9 Å². The second kappa shape index (κ2) is 66.4. The Balaban J connectivity index is 4.18. The SMILES string of the molecule is CCCCCC/C=C\CCCCCCCC(=O)OCC(COC(=O)CCCCCCCCCCCCCCCCCCCCCCCCCCCCCC)OC(=O)CCCCCCCCC/C=C\CCCCCCCCC. The molecule has 0 spiro atoms. The molecular formula is C71H134O6. The summed E-state index contributed by atoms with van der Waals surface area (Å²) in [5, 5.41) is 0. The molecule has 6 heteroatoms. The van der Waals surface area contributed by atoms with Crippen LogP contribution >= 0.6 is 0 Å². The van der Waals surface area contributed by atoms with Gasteiger partial charge in [0.1, 0.15) is 13.2 Å². The standard InChI is InChI=1S/C71H134O6/c1-4-7-10-13-16-19-22-25-27-29-31-32-33-34-35-36-37-38-39-40-42-43-46-49-52-55-58-61-64-70(73)76-67-68(66-75-69(72)63-60-57-54-51-48-45-24-21-18-15-12-9-6-3)77-71(74)65-62-59-56-53-50-47-44-41-30-28-26-23-20-17-14-11-8-5-2/h21,24,28,30,68H,4-20,22-23,25-27,29,31-67H2,1-3H3/b24-21-,30-28-. The number of unbranched alkanes of at least 4 members (excludes halogenated alkanes) is 50. The molecule has 0 saturated heterocycles. The molecule has 0 fully saturated rings. The Hall–Kier alpha value is -2.11. The molecule has 0 aromatic carbocycles. The summed E-state index contributed by atoms with van der Waals surface area (Å²) in [6.07, 6.45) is 80.7. The third-order valence-corrected chi connectivity index (χ3v) is 15.9. The van der Waals surface area contributed by atoms with Gasteiger partial charge in [0, 0.05) is 19.3 Å². The predicted octanol–water partition coefficient (Wildman–Crippen LogP) is 23.8. The molecule has 0 aromatic heterocycles. The van der Waals surface area contributed by atoms with Crippen molar-refractivity contribution in [3.63, 3.8) is 0 Å². The van der Waals surface area contributed by atoms with Gasteiger partial charge in [-0.05, 0) is 70.6 Å². The van der Waals surface area contributed by atoms with Crippen molar-refractivity contribution in [3.05, 3.63) is 24.3 Å². The van der Waals surface area contributed by atoms with Gasteiger partial charge < -0.3 is 14.2 Å². The van der Waals surface area contributed by atoms with Crippen LogP contribution in [0.4, 0.5) is 0 Å². The van der Waals surface area contributed by atoms with Crippen LogP contribution in [0.5, 0.6) is 0 Å². The fourth-order valence-electron chi connectivity index (χ4n) is 10.7. The maximum Gasteiger partial charge on any atom is 0.306 e. The molecule has 0 saturated carbocycles. The minimum atomic E-state index is -0.775. The minimum absolute atomic E-state index is 0.0705. The van der Waals surface area contributed by atoms with E-state index in [1.165, 1.54) is 289 Å². The van der Waals surface area contributed by atoms with Crippen LogP contribution in [0.2, 0.25) is 0 Å². The lowest BCUT2D eigenvalue weighted by atomic mass is 10.0. The lowest BCUT2D eigenvalue weighted by Crippen LogP contribution is -2.30. The Morgan fingerprint density at radius 1 is 0.247 bits per heavy atom. The average Bonchev–Trinajstić information content (AvgIpc) is 3.43. The first-order valence-corrected chi connectivity index (χ1v) is 34.8. The number of carbonyl (C=O) groups is 3. The summed E-state index contributed by atoms with van der Waals surface area (Å²) in [6.45, 7) is 6.69. The van der Waals surface area contributed by atoms with Gasteiger partial charge >= 0.3 is 17.9 Å². The summed E-state index contributed by atoms with van der Waals surface area (Å²) >= 11 is 0. The molecule has 0 amide bonds. The fourth-order valence-corrected chi connectivity index (χ4v) is 10.7. The van der Waals surface area contributed by atoms with Crippen LogP contribution in [0.15, 0.2) is 24.3 Å². The van der Waals surface area contributed by atoms with E-state index < -0.39 is 6.10 Å². The van der Waals surface area contributed by atoms with E-state index in [2.05, 4.69) is 45.1 Å².